The second-order valence-corrected chi connectivity index (χ2v) is 9.72. The maximum atomic E-state index is 12.9. The molecule has 3 amide bonds. The van der Waals surface area contributed by atoms with E-state index in [4.69, 9.17) is 11.6 Å². The van der Waals surface area contributed by atoms with Crippen molar-refractivity contribution in [1.29, 1.82) is 0 Å². The average molecular weight is 476 g/mol. The van der Waals surface area contributed by atoms with Gasteiger partial charge in [0.25, 0.3) is 11.8 Å². The molecule has 0 spiro atoms. The number of benzene rings is 1. The van der Waals surface area contributed by atoms with Crippen LogP contribution in [0.4, 0.5) is 5.69 Å². The summed E-state index contributed by atoms with van der Waals surface area (Å²) in [5.41, 5.74) is 0.536. The van der Waals surface area contributed by atoms with Gasteiger partial charge in [0.2, 0.25) is 15.9 Å². The largest absolute Gasteiger partial charge is 0.353 e. The van der Waals surface area contributed by atoms with E-state index in [2.05, 4.69) is 20.8 Å². The number of aromatic nitrogens is 2. The number of amides is 3. The number of hydrogen-bond acceptors (Lipinski definition) is 6. The molecule has 8 nitrogen and oxygen atoms in total. The van der Waals surface area contributed by atoms with Crippen LogP contribution in [0.3, 0.4) is 0 Å². The summed E-state index contributed by atoms with van der Waals surface area (Å²) in [5.74, 6) is -0.923. The fraction of sp³-hybridized carbons (Fsp3) is 0.500. The van der Waals surface area contributed by atoms with E-state index in [1.165, 1.54) is 6.42 Å². The Labute approximate surface area is 195 Å². The van der Waals surface area contributed by atoms with Crippen molar-refractivity contribution >= 4 is 46.3 Å². The van der Waals surface area contributed by atoms with Crippen LogP contribution in [0.2, 0.25) is 5.02 Å². The summed E-state index contributed by atoms with van der Waals surface area (Å²) in [6.45, 7) is 0.927. The minimum atomic E-state index is -0.452. The third-order valence-electron chi connectivity index (χ3n) is 5.92. The van der Waals surface area contributed by atoms with E-state index in [0.717, 1.165) is 49.9 Å². The monoisotopic (exact) mass is 475 g/mol. The van der Waals surface area contributed by atoms with Gasteiger partial charge in [-0.05, 0) is 43.9 Å². The van der Waals surface area contributed by atoms with Crippen LogP contribution < -0.4 is 10.6 Å². The molecule has 1 saturated carbocycles. The molecule has 1 atom stereocenters. The first-order valence-electron chi connectivity index (χ1n) is 11.0. The van der Waals surface area contributed by atoms with Gasteiger partial charge in [0.1, 0.15) is 0 Å². The van der Waals surface area contributed by atoms with Gasteiger partial charge < -0.3 is 15.5 Å². The van der Waals surface area contributed by atoms with Crippen molar-refractivity contribution in [2.75, 3.05) is 18.4 Å². The predicted octanol–water partition coefficient (Wildman–Crippen LogP) is 3.74. The number of piperidine rings is 1. The minimum absolute atomic E-state index is 0.0354. The number of nitrogens with one attached hydrogen (secondary N) is 2. The third-order valence-corrected chi connectivity index (χ3v) is 7.06. The topological polar surface area (TPSA) is 104 Å². The fourth-order valence-corrected chi connectivity index (χ4v) is 5.13. The van der Waals surface area contributed by atoms with E-state index in [-0.39, 0.29) is 33.8 Å². The van der Waals surface area contributed by atoms with Gasteiger partial charge in [-0.3, -0.25) is 14.4 Å². The van der Waals surface area contributed by atoms with E-state index >= 15 is 0 Å². The van der Waals surface area contributed by atoms with Crippen molar-refractivity contribution in [3.63, 3.8) is 0 Å². The van der Waals surface area contributed by atoms with Crippen LogP contribution in [0.15, 0.2) is 24.3 Å². The van der Waals surface area contributed by atoms with Crippen molar-refractivity contribution in [2.45, 2.75) is 51.0 Å². The number of likely N-dealkylation sites (tertiary alicyclic amines) is 1. The number of nitrogens with zero attached hydrogens (tertiary/aromatic N) is 3. The summed E-state index contributed by atoms with van der Waals surface area (Å²) in [6.07, 6.45) is 7.15. The van der Waals surface area contributed by atoms with Crippen molar-refractivity contribution in [1.82, 2.24) is 20.4 Å². The molecular weight excluding hydrogens is 450 g/mol. The number of halogens is 1. The number of anilines is 1. The van der Waals surface area contributed by atoms with Gasteiger partial charge in [-0.2, -0.15) is 0 Å². The van der Waals surface area contributed by atoms with Crippen molar-refractivity contribution in [3.8, 4) is 0 Å². The van der Waals surface area contributed by atoms with E-state index in [9.17, 15) is 14.4 Å². The predicted molar refractivity (Wildman–Crippen MR) is 123 cm³/mol. The molecule has 1 aliphatic heterocycles. The third kappa shape index (κ3) is 5.63. The Bertz CT molecular complexity index is 991. The van der Waals surface area contributed by atoms with Crippen LogP contribution in [0.1, 0.15) is 64.6 Å². The summed E-state index contributed by atoms with van der Waals surface area (Å²) in [5, 5.41) is 14.4. The maximum absolute atomic E-state index is 12.9. The number of rotatable bonds is 5. The lowest BCUT2D eigenvalue weighted by molar-refractivity contribution is -0.127. The van der Waals surface area contributed by atoms with Gasteiger partial charge in [-0.25, -0.2) is 0 Å². The molecule has 2 aliphatic rings. The minimum Gasteiger partial charge on any atom is -0.353 e. The van der Waals surface area contributed by atoms with Crippen molar-refractivity contribution in [3.05, 3.63) is 39.3 Å². The Hall–Kier alpha value is -2.52. The molecule has 32 heavy (non-hydrogen) atoms. The Balaban J connectivity index is 1.35. The van der Waals surface area contributed by atoms with E-state index in [1.54, 1.807) is 29.2 Å². The summed E-state index contributed by atoms with van der Waals surface area (Å²) in [4.78, 5) is 39.8. The molecule has 0 radical (unpaired) electrons. The molecule has 1 unspecified atom stereocenters. The van der Waals surface area contributed by atoms with E-state index in [1.807, 2.05) is 0 Å². The summed E-state index contributed by atoms with van der Waals surface area (Å²) >= 11 is 6.88. The normalized spacial score (nSPS) is 19.4. The Morgan fingerprint density at radius 3 is 2.59 bits per heavy atom. The van der Waals surface area contributed by atoms with Crippen LogP contribution in [-0.2, 0) is 4.79 Å². The van der Waals surface area contributed by atoms with E-state index < -0.39 is 5.91 Å². The molecular formula is C22H26ClN5O3S. The van der Waals surface area contributed by atoms with Gasteiger partial charge in [-0.1, -0.05) is 48.3 Å². The lowest BCUT2D eigenvalue weighted by Crippen LogP contribution is -2.47. The number of carbonyl (C=O) groups excluding carboxylic acids is 3. The van der Waals surface area contributed by atoms with Crippen molar-refractivity contribution < 1.29 is 14.4 Å². The first-order chi connectivity index (χ1) is 15.5. The van der Waals surface area contributed by atoms with Gasteiger partial charge >= 0.3 is 0 Å². The van der Waals surface area contributed by atoms with Gasteiger partial charge in [0, 0.05) is 29.8 Å². The summed E-state index contributed by atoms with van der Waals surface area (Å²) in [7, 11) is 0. The fourth-order valence-electron chi connectivity index (χ4n) is 4.23. The number of hydrogen-bond donors (Lipinski definition) is 2. The quantitative estimate of drug-likeness (QED) is 0.685. The molecule has 4 rings (SSSR count). The summed E-state index contributed by atoms with van der Waals surface area (Å²) in [6, 6.07) is 7.03. The van der Waals surface area contributed by atoms with Crippen LogP contribution in [0, 0.1) is 5.92 Å². The Kier molecular flexibility index (Phi) is 7.36. The molecule has 1 aliphatic carbocycles. The number of carbonyl (C=O) groups is 3. The summed E-state index contributed by atoms with van der Waals surface area (Å²) < 4.78 is 0. The first kappa shape index (κ1) is 22.7. The zero-order valence-corrected chi connectivity index (χ0v) is 19.3. The highest BCUT2D eigenvalue weighted by molar-refractivity contribution is 7.15. The molecule has 1 saturated heterocycles. The van der Waals surface area contributed by atoms with Gasteiger partial charge in [-0.15, -0.1) is 10.2 Å². The molecule has 0 bridgehead atoms. The van der Waals surface area contributed by atoms with Gasteiger partial charge in [0.05, 0.1) is 5.92 Å². The molecule has 10 heteroatoms. The zero-order valence-electron chi connectivity index (χ0n) is 17.7. The molecule has 1 aromatic heterocycles. The highest BCUT2D eigenvalue weighted by Crippen LogP contribution is 2.23. The molecule has 2 heterocycles. The highest BCUT2D eigenvalue weighted by atomic mass is 35.5. The second-order valence-electron chi connectivity index (χ2n) is 8.31. The lowest BCUT2D eigenvalue weighted by Gasteiger charge is -2.33. The van der Waals surface area contributed by atoms with Crippen LogP contribution in [0.25, 0.3) is 0 Å². The second kappa shape index (κ2) is 10.4. The SMILES string of the molecule is O=C(Nc1cccc(Cl)c1)c1nnc(C(=O)N2CCCC(C(=O)NC3CCCCC3)C2)s1. The maximum Gasteiger partial charge on any atom is 0.286 e. The standard InChI is InChI=1S/C22H26ClN5O3S/c23-15-7-4-10-17(12-15)25-19(30)20-26-27-21(32-20)22(31)28-11-5-6-14(13-28)18(29)24-16-8-2-1-3-9-16/h4,7,10,12,14,16H,1-3,5-6,8-9,11,13H2,(H,24,29)(H,25,30). The average Bonchev–Trinajstić information content (AvgIpc) is 3.30. The molecule has 2 aromatic rings. The van der Waals surface area contributed by atoms with Crippen LogP contribution >= 0.6 is 22.9 Å². The van der Waals surface area contributed by atoms with E-state index in [0.29, 0.717) is 23.8 Å². The van der Waals surface area contributed by atoms with Crippen molar-refractivity contribution in [2.24, 2.45) is 5.92 Å². The first-order valence-corrected chi connectivity index (χ1v) is 12.2. The lowest BCUT2D eigenvalue weighted by atomic mass is 9.93. The zero-order chi connectivity index (χ0) is 22.5. The van der Waals surface area contributed by atoms with Crippen LogP contribution in [-0.4, -0.2) is 52.0 Å². The molecule has 2 fully saturated rings. The smallest absolute Gasteiger partial charge is 0.286 e. The van der Waals surface area contributed by atoms with Gasteiger partial charge in [0.15, 0.2) is 0 Å². The van der Waals surface area contributed by atoms with Crippen LogP contribution in [0.5, 0.6) is 0 Å². The highest BCUT2D eigenvalue weighted by Gasteiger charge is 2.32. The molecule has 170 valence electrons. The molecule has 2 N–H and O–H groups in total. The molecule has 1 aromatic carbocycles. The Morgan fingerprint density at radius 1 is 1.03 bits per heavy atom. The Morgan fingerprint density at radius 2 is 1.81 bits per heavy atom.